The van der Waals surface area contributed by atoms with Gasteiger partial charge in [0.1, 0.15) is 6.61 Å². The molecule has 0 aliphatic rings. The van der Waals surface area contributed by atoms with Gasteiger partial charge < -0.3 is 10.1 Å². The van der Waals surface area contributed by atoms with E-state index in [9.17, 15) is 4.39 Å². The van der Waals surface area contributed by atoms with Crippen molar-refractivity contribution in [2.75, 3.05) is 13.2 Å². The van der Waals surface area contributed by atoms with Crippen molar-refractivity contribution in [3.63, 3.8) is 0 Å². The van der Waals surface area contributed by atoms with Crippen LogP contribution in [0.3, 0.4) is 0 Å². The molecule has 0 amide bonds. The highest BCUT2D eigenvalue weighted by Crippen LogP contribution is 2.14. The summed E-state index contributed by atoms with van der Waals surface area (Å²) in [4.78, 5) is 4.19. The van der Waals surface area contributed by atoms with Crippen LogP contribution >= 0.6 is 0 Å². The van der Waals surface area contributed by atoms with Crippen molar-refractivity contribution in [3.05, 3.63) is 60.2 Å². The van der Waals surface area contributed by atoms with Crippen molar-refractivity contribution in [2.45, 2.75) is 6.54 Å². The van der Waals surface area contributed by atoms with Gasteiger partial charge in [0.2, 0.25) is 0 Å². The van der Waals surface area contributed by atoms with Gasteiger partial charge in [0.25, 0.3) is 0 Å². The first-order valence-electron chi connectivity index (χ1n) is 5.84. The van der Waals surface area contributed by atoms with Crippen LogP contribution in [0.2, 0.25) is 0 Å². The molecule has 0 bridgehead atoms. The van der Waals surface area contributed by atoms with E-state index in [1.54, 1.807) is 24.4 Å². The third kappa shape index (κ3) is 3.82. The van der Waals surface area contributed by atoms with Gasteiger partial charge in [-0.1, -0.05) is 18.2 Å². The minimum absolute atomic E-state index is 0.289. The molecule has 0 unspecified atom stereocenters. The van der Waals surface area contributed by atoms with E-state index in [1.165, 1.54) is 6.07 Å². The smallest absolute Gasteiger partial charge is 0.165 e. The fraction of sp³-hybridized carbons (Fsp3) is 0.214. The van der Waals surface area contributed by atoms with E-state index in [0.717, 1.165) is 5.69 Å². The van der Waals surface area contributed by atoms with Gasteiger partial charge in [0, 0.05) is 19.3 Å². The number of ether oxygens (including phenoxy) is 1. The lowest BCUT2D eigenvalue weighted by atomic mass is 10.3. The second-order valence-corrected chi connectivity index (χ2v) is 3.78. The van der Waals surface area contributed by atoms with Crippen LogP contribution in [0.25, 0.3) is 0 Å². The van der Waals surface area contributed by atoms with Gasteiger partial charge in [0.05, 0.1) is 5.69 Å². The number of aromatic nitrogens is 1. The molecular formula is C14H15FN2O. The summed E-state index contributed by atoms with van der Waals surface area (Å²) in [5.41, 5.74) is 0.975. The van der Waals surface area contributed by atoms with E-state index >= 15 is 0 Å². The number of nitrogens with zero attached hydrogens (tertiary/aromatic N) is 1. The topological polar surface area (TPSA) is 34.1 Å². The van der Waals surface area contributed by atoms with Crippen LogP contribution in [0, 0.1) is 5.82 Å². The molecule has 0 aliphatic carbocycles. The monoisotopic (exact) mass is 246 g/mol. The lowest BCUT2D eigenvalue weighted by Gasteiger charge is -2.07. The summed E-state index contributed by atoms with van der Waals surface area (Å²) in [5.74, 6) is -0.0423. The van der Waals surface area contributed by atoms with Crippen molar-refractivity contribution in [3.8, 4) is 5.75 Å². The maximum atomic E-state index is 13.2. The Morgan fingerprint density at radius 2 is 1.94 bits per heavy atom. The van der Waals surface area contributed by atoms with Gasteiger partial charge >= 0.3 is 0 Å². The Bertz CT molecular complexity index is 476. The molecule has 18 heavy (non-hydrogen) atoms. The van der Waals surface area contributed by atoms with Crippen molar-refractivity contribution in [1.82, 2.24) is 10.3 Å². The number of hydrogen-bond acceptors (Lipinski definition) is 3. The van der Waals surface area contributed by atoms with Gasteiger partial charge in [-0.05, 0) is 24.3 Å². The first kappa shape index (κ1) is 12.5. The highest BCUT2D eigenvalue weighted by molar-refractivity contribution is 5.23. The number of nitrogens with one attached hydrogen (secondary N) is 1. The number of hydrogen-bond donors (Lipinski definition) is 1. The molecule has 0 atom stereocenters. The molecule has 94 valence electrons. The maximum Gasteiger partial charge on any atom is 0.165 e. The summed E-state index contributed by atoms with van der Waals surface area (Å²) >= 11 is 0. The third-order valence-corrected chi connectivity index (χ3v) is 2.41. The fourth-order valence-corrected chi connectivity index (χ4v) is 1.51. The van der Waals surface area contributed by atoms with Gasteiger partial charge in [-0.25, -0.2) is 4.39 Å². The summed E-state index contributed by atoms with van der Waals surface area (Å²) in [7, 11) is 0. The molecule has 4 heteroatoms. The van der Waals surface area contributed by atoms with Crippen molar-refractivity contribution < 1.29 is 9.13 Å². The van der Waals surface area contributed by atoms with Gasteiger partial charge in [-0.2, -0.15) is 0 Å². The van der Waals surface area contributed by atoms with E-state index in [-0.39, 0.29) is 11.6 Å². The lowest BCUT2D eigenvalue weighted by Crippen LogP contribution is -2.21. The molecule has 1 aromatic heterocycles. The Morgan fingerprint density at radius 1 is 1.11 bits per heavy atom. The summed E-state index contributed by atoms with van der Waals surface area (Å²) in [6.07, 6.45) is 1.76. The highest BCUT2D eigenvalue weighted by atomic mass is 19.1. The Balaban J connectivity index is 1.66. The van der Waals surface area contributed by atoms with Crippen LogP contribution in [0.1, 0.15) is 5.69 Å². The molecule has 0 aliphatic heterocycles. The molecule has 0 saturated carbocycles. The minimum atomic E-state index is -0.331. The van der Waals surface area contributed by atoms with Crippen molar-refractivity contribution in [1.29, 1.82) is 0 Å². The predicted octanol–water partition coefficient (Wildman–Crippen LogP) is 2.39. The average Bonchev–Trinajstić information content (AvgIpc) is 2.42. The largest absolute Gasteiger partial charge is 0.489 e. The molecule has 0 spiro atoms. The molecule has 1 aromatic carbocycles. The number of halogens is 1. The zero-order chi connectivity index (χ0) is 12.6. The number of pyridine rings is 1. The summed E-state index contributed by atoms with van der Waals surface area (Å²) < 4.78 is 18.5. The third-order valence-electron chi connectivity index (χ3n) is 2.41. The Morgan fingerprint density at radius 3 is 2.72 bits per heavy atom. The van der Waals surface area contributed by atoms with Crippen LogP contribution < -0.4 is 10.1 Å². The van der Waals surface area contributed by atoms with E-state index < -0.39 is 0 Å². The van der Waals surface area contributed by atoms with Crippen LogP contribution in [-0.4, -0.2) is 18.1 Å². The predicted molar refractivity (Wildman–Crippen MR) is 67.8 cm³/mol. The Kier molecular flexibility index (Phi) is 4.67. The van der Waals surface area contributed by atoms with Crippen molar-refractivity contribution >= 4 is 0 Å². The molecule has 0 saturated heterocycles. The maximum absolute atomic E-state index is 13.2. The zero-order valence-electron chi connectivity index (χ0n) is 9.97. The van der Waals surface area contributed by atoms with Crippen LogP contribution in [-0.2, 0) is 6.54 Å². The lowest BCUT2D eigenvalue weighted by molar-refractivity contribution is 0.298. The molecule has 2 aromatic rings. The second-order valence-electron chi connectivity index (χ2n) is 3.78. The standard InChI is InChI=1S/C14H15FN2O/c15-13-6-1-2-7-14(13)18-10-9-16-11-12-5-3-4-8-17-12/h1-8,16H,9-11H2. The van der Waals surface area contributed by atoms with E-state index in [0.29, 0.717) is 19.7 Å². The quantitative estimate of drug-likeness (QED) is 0.795. The van der Waals surface area contributed by atoms with E-state index in [4.69, 9.17) is 4.74 Å². The molecule has 2 rings (SSSR count). The van der Waals surface area contributed by atoms with Crippen molar-refractivity contribution in [2.24, 2.45) is 0 Å². The highest BCUT2D eigenvalue weighted by Gasteiger charge is 2.00. The number of benzene rings is 1. The summed E-state index contributed by atoms with van der Waals surface area (Å²) in [6.45, 7) is 1.75. The number of rotatable bonds is 6. The van der Waals surface area contributed by atoms with Crippen LogP contribution in [0.15, 0.2) is 48.7 Å². The SMILES string of the molecule is Fc1ccccc1OCCNCc1ccccn1. The fourth-order valence-electron chi connectivity index (χ4n) is 1.51. The second kappa shape index (κ2) is 6.71. The van der Waals surface area contributed by atoms with E-state index in [2.05, 4.69) is 10.3 Å². The zero-order valence-corrected chi connectivity index (χ0v) is 9.97. The molecular weight excluding hydrogens is 231 g/mol. The van der Waals surface area contributed by atoms with Crippen LogP contribution in [0.4, 0.5) is 4.39 Å². The summed E-state index contributed by atoms with van der Waals surface area (Å²) in [5, 5.41) is 3.18. The first-order chi connectivity index (χ1) is 8.86. The van der Waals surface area contributed by atoms with E-state index in [1.807, 2.05) is 18.2 Å². The summed E-state index contributed by atoms with van der Waals surface area (Å²) in [6, 6.07) is 12.2. The van der Waals surface area contributed by atoms with Gasteiger partial charge in [-0.3, -0.25) is 4.98 Å². The molecule has 3 nitrogen and oxygen atoms in total. The van der Waals surface area contributed by atoms with Gasteiger partial charge in [-0.15, -0.1) is 0 Å². The number of para-hydroxylation sites is 1. The Hall–Kier alpha value is -1.94. The molecule has 0 fully saturated rings. The Labute approximate surface area is 106 Å². The minimum Gasteiger partial charge on any atom is -0.489 e. The molecule has 1 N–H and O–H groups in total. The molecule has 0 radical (unpaired) electrons. The average molecular weight is 246 g/mol. The van der Waals surface area contributed by atoms with Gasteiger partial charge in [0.15, 0.2) is 11.6 Å². The first-order valence-corrected chi connectivity index (χ1v) is 5.84. The van der Waals surface area contributed by atoms with Crippen LogP contribution in [0.5, 0.6) is 5.75 Å². The molecule has 1 heterocycles. The normalized spacial score (nSPS) is 10.3.